The molecule has 0 unspecified atom stereocenters. The predicted octanol–water partition coefficient (Wildman–Crippen LogP) is 0.337. The van der Waals surface area contributed by atoms with Crippen LogP contribution in [0.25, 0.3) is 0 Å². The molecule has 0 aromatic heterocycles. The number of amides is 1. The summed E-state index contributed by atoms with van der Waals surface area (Å²) in [5.41, 5.74) is 5.41. The third-order valence-corrected chi connectivity index (χ3v) is 1.70. The molecular formula is C10H11NO4. The third-order valence-electron chi connectivity index (χ3n) is 1.70. The Morgan fingerprint density at radius 2 is 2.13 bits per heavy atom. The van der Waals surface area contributed by atoms with E-state index in [4.69, 9.17) is 10.5 Å². The number of ether oxygens (including phenoxy) is 2. The van der Waals surface area contributed by atoms with E-state index >= 15 is 0 Å². The van der Waals surface area contributed by atoms with Gasteiger partial charge in [-0.15, -0.1) is 0 Å². The van der Waals surface area contributed by atoms with Gasteiger partial charge in [0.05, 0.1) is 7.11 Å². The normalized spacial score (nSPS) is 9.40. The van der Waals surface area contributed by atoms with E-state index in [-0.39, 0.29) is 6.61 Å². The lowest BCUT2D eigenvalue weighted by molar-refractivity contribution is -0.142. The Morgan fingerprint density at radius 1 is 1.40 bits per heavy atom. The molecule has 0 spiro atoms. The van der Waals surface area contributed by atoms with E-state index < -0.39 is 11.9 Å². The molecule has 0 bridgehead atoms. The average molecular weight is 209 g/mol. The number of methoxy groups -OCH3 is 1. The van der Waals surface area contributed by atoms with Crippen LogP contribution in [0.1, 0.15) is 10.4 Å². The van der Waals surface area contributed by atoms with Crippen molar-refractivity contribution in [3.63, 3.8) is 0 Å². The molecule has 0 aliphatic rings. The minimum Gasteiger partial charge on any atom is -0.482 e. The lowest BCUT2D eigenvalue weighted by Crippen LogP contribution is -2.14. The molecule has 0 aliphatic heterocycles. The Morgan fingerprint density at radius 3 is 2.73 bits per heavy atom. The highest BCUT2D eigenvalue weighted by Crippen LogP contribution is 2.12. The molecule has 80 valence electrons. The number of primary amides is 1. The van der Waals surface area contributed by atoms with Gasteiger partial charge in [-0.05, 0) is 18.2 Å². The first-order chi connectivity index (χ1) is 7.13. The van der Waals surface area contributed by atoms with Gasteiger partial charge in [-0.2, -0.15) is 0 Å². The fourth-order valence-corrected chi connectivity index (χ4v) is 0.940. The summed E-state index contributed by atoms with van der Waals surface area (Å²) in [7, 11) is 1.27. The van der Waals surface area contributed by atoms with Gasteiger partial charge >= 0.3 is 5.97 Å². The molecule has 1 amide bonds. The number of nitrogens with two attached hydrogens (primary N) is 1. The summed E-state index contributed by atoms with van der Waals surface area (Å²) in [5.74, 6) is -0.630. The molecule has 0 saturated carbocycles. The number of esters is 1. The minimum atomic E-state index is -0.543. The highest BCUT2D eigenvalue weighted by molar-refractivity contribution is 5.93. The molecule has 0 heterocycles. The first kappa shape index (κ1) is 11.0. The van der Waals surface area contributed by atoms with Gasteiger partial charge in [-0.3, -0.25) is 4.79 Å². The summed E-state index contributed by atoms with van der Waals surface area (Å²) in [6, 6.07) is 6.26. The molecule has 0 saturated heterocycles. The summed E-state index contributed by atoms with van der Waals surface area (Å²) in [5, 5.41) is 0. The molecule has 0 aliphatic carbocycles. The highest BCUT2D eigenvalue weighted by atomic mass is 16.6. The molecule has 2 N–H and O–H groups in total. The van der Waals surface area contributed by atoms with Crippen LogP contribution in [0.15, 0.2) is 24.3 Å². The summed E-state index contributed by atoms with van der Waals surface area (Å²) in [4.78, 5) is 21.6. The van der Waals surface area contributed by atoms with Crippen molar-refractivity contribution in [2.24, 2.45) is 5.73 Å². The van der Waals surface area contributed by atoms with Crippen molar-refractivity contribution >= 4 is 11.9 Å². The fraction of sp³-hybridized carbons (Fsp3) is 0.200. The van der Waals surface area contributed by atoms with Gasteiger partial charge in [0.2, 0.25) is 5.91 Å². The Kier molecular flexibility index (Phi) is 3.68. The molecular weight excluding hydrogens is 198 g/mol. The maximum atomic E-state index is 10.8. The summed E-state index contributed by atoms with van der Waals surface area (Å²) >= 11 is 0. The Bertz CT molecular complexity index is 375. The lowest BCUT2D eigenvalue weighted by Gasteiger charge is -2.05. The zero-order valence-electron chi connectivity index (χ0n) is 8.23. The zero-order chi connectivity index (χ0) is 11.3. The summed E-state index contributed by atoms with van der Waals surface area (Å²) < 4.78 is 9.46. The van der Waals surface area contributed by atoms with Crippen molar-refractivity contribution < 1.29 is 19.1 Å². The van der Waals surface area contributed by atoms with Crippen LogP contribution in [-0.2, 0) is 9.53 Å². The molecule has 1 aromatic carbocycles. The highest BCUT2D eigenvalue weighted by Gasteiger charge is 2.04. The van der Waals surface area contributed by atoms with Gasteiger partial charge in [0.25, 0.3) is 0 Å². The molecule has 15 heavy (non-hydrogen) atoms. The largest absolute Gasteiger partial charge is 0.482 e. The van der Waals surface area contributed by atoms with Gasteiger partial charge < -0.3 is 15.2 Å². The van der Waals surface area contributed by atoms with Crippen LogP contribution in [0.4, 0.5) is 0 Å². The number of hydrogen-bond donors (Lipinski definition) is 1. The van der Waals surface area contributed by atoms with Crippen LogP contribution in [-0.4, -0.2) is 25.6 Å². The number of carbonyl (C=O) groups is 2. The number of benzene rings is 1. The van der Waals surface area contributed by atoms with Crippen molar-refractivity contribution in [2.45, 2.75) is 0 Å². The quantitative estimate of drug-likeness (QED) is 0.725. The monoisotopic (exact) mass is 209 g/mol. The Balaban J connectivity index is 2.66. The Labute approximate surface area is 86.8 Å². The first-order valence-corrected chi connectivity index (χ1v) is 4.23. The van der Waals surface area contributed by atoms with Gasteiger partial charge in [0.15, 0.2) is 6.61 Å². The van der Waals surface area contributed by atoms with E-state index in [1.807, 2.05) is 0 Å². The molecule has 1 rings (SSSR count). The minimum absolute atomic E-state index is 0.196. The average Bonchev–Trinajstić information content (AvgIpc) is 2.26. The Hall–Kier alpha value is -2.04. The van der Waals surface area contributed by atoms with Crippen LogP contribution in [0.3, 0.4) is 0 Å². The predicted molar refractivity (Wildman–Crippen MR) is 52.5 cm³/mol. The van der Waals surface area contributed by atoms with Crippen molar-refractivity contribution in [1.29, 1.82) is 0 Å². The maximum Gasteiger partial charge on any atom is 0.343 e. The maximum absolute atomic E-state index is 10.8. The van der Waals surface area contributed by atoms with Crippen molar-refractivity contribution in [3.05, 3.63) is 29.8 Å². The third kappa shape index (κ3) is 3.30. The first-order valence-electron chi connectivity index (χ1n) is 4.23. The van der Waals surface area contributed by atoms with Crippen LogP contribution in [0, 0.1) is 0 Å². The topological polar surface area (TPSA) is 78.6 Å². The molecule has 0 radical (unpaired) electrons. The van der Waals surface area contributed by atoms with Gasteiger partial charge in [-0.1, -0.05) is 6.07 Å². The second-order valence-electron chi connectivity index (χ2n) is 2.76. The van der Waals surface area contributed by atoms with Gasteiger partial charge in [0, 0.05) is 5.56 Å². The van der Waals surface area contributed by atoms with Crippen LogP contribution in [0.2, 0.25) is 0 Å². The van der Waals surface area contributed by atoms with E-state index in [0.29, 0.717) is 11.3 Å². The molecule has 5 nitrogen and oxygen atoms in total. The molecule has 1 aromatic rings. The van der Waals surface area contributed by atoms with E-state index in [1.54, 1.807) is 18.2 Å². The number of carbonyl (C=O) groups excluding carboxylic acids is 2. The van der Waals surface area contributed by atoms with Crippen LogP contribution < -0.4 is 10.5 Å². The van der Waals surface area contributed by atoms with E-state index in [0.717, 1.165) is 0 Å². The van der Waals surface area contributed by atoms with E-state index in [1.165, 1.54) is 13.2 Å². The lowest BCUT2D eigenvalue weighted by atomic mass is 10.2. The fourth-order valence-electron chi connectivity index (χ4n) is 0.940. The number of rotatable bonds is 4. The SMILES string of the molecule is COC(=O)COc1cccc(C(N)=O)c1. The smallest absolute Gasteiger partial charge is 0.343 e. The van der Waals surface area contributed by atoms with E-state index in [2.05, 4.69) is 4.74 Å². The second kappa shape index (κ2) is 4.99. The van der Waals surface area contributed by atoms with E-state index in [9.17, 15) is 9.59 Å². The van der Waals surface area contributed by atoms with Crippen molar-refractivity contribution in [2.75, 3.05) is 13.7 Å². The summed E-state index contributed by atoms with van der Waals surface area (Å²) in [6.07, 6.45) is 0. The van der Waals surface area contributed by atoms with Crippen LogP contribution >= 0.6 is 0 Å². The second-order valence-corrected chi connectivity index (χ2v) is 2.76. The van der Waals surface area contributed by atoms with Crippen LogP contribution in [0.5, 0.6) is 5.75 Å². The molecule has 5 heteroatoms. The van der Waals surface area contributed by atoms with Crippen molar-refractivity contribution in [3.8, 4) is 5.75 Å². The van der Waals surface area contributed by atoms with Gasteiger partial charge in [-0.25, -0.2) is 4.79 Å². The van der Waals surface area contributed by atoms with Crippen molar-refractivity contribution in [1.82, 2.24) is 0 Å². The number of hydrogen-bond acceptors (Lipinski definition) is 4. The molecule has 0 fully saturated rings. The van der Waals surface area contributed by atoms with Gasteiger partial charge in [0.1, 0.15) is 5.75 Å². The zero-order valence-corrected chi connectivity index (χ0v) is 8.23. The molecule has 0 atom stereocenters. The standard InChI is InChI=1S/C10H11NO4/c1-14-9(12)6-15-8-4-2-3-7(5-8)10(11)13/h2-5H,6H2,1H3,(H2,11,13). The summed E-state index contributed by atoms with van der Waals surface area (Å²) in [6.45, 7) is -0.196.